The minimum atomic E-state index is -5.71. The van der Waals surface area contributed by atoms with E-state index >= 15 is 0 Å². The quantitative estimate of drug-likeness (QED) is 0.872. The zero-order valence-electron chi connectivity index (χ0n) is 10.8. The van der Waals surface area contributed by atoms with Crippen molar-refractivity contribution >= 4 is 11.6 Å². The largest absolute Gasteiger partial charge is 0.409 e. The Morgan fingerprint density at radius 3 is 1.86 bits per heavy atom. The van der Waals surface area contributed by atoms with Crippen molar-refractivity contribution in [2.75, 3.05) is 11.9 Å². The van der Waals surface area contributed by atoms with Gasteiger partial charge < -0.3 is 10.6 Å². The molecule has 1 aromatic rings. The Morgan fingerprint density at radius 1 is 1.10 bits per heavy atom. The molecule has 0 atom stereocenters. The van der Waals surface area contributed by atoms with Gasteiger partial charge in [-0.1, -0.05) is 12.1 Å². The van der Waals surface area contributed by atoms with Gasteiger partial charge >= 0.3 is 12.4 Å². The van der Waals surface area contributed by atoms with E-state index in [4.69, 9.17) is 5.73 Å². The second kappa shape index (κ2) is 5.92. The van der Waals surface area contributed by atoms with E-state index in [1.54, 1.807) is 0 Å². The Morgan fingerprint density at radius 2 is 1.52 bits per heavy atom. The maximum atomic E-state index is 12.5. The Kier molecular flexibility index (Phi) is 4.87. The summed E-state index contributed by atoms with van der Waals surface area (Å²) in [4.78, 5) is 11.9. The Labute approximate surface area is 116 Å². The minimum Gasteiger partial charge on any atom is -0.326 e. The molecule has 2 N–H and O–H groups in total. The molecule has 21 heavy (non-hydrogen) atoms. The second-order valence-corrected chi connectivity index (χ2v) is 4.28. The summed E-state index contributed by atoms with van der Waals surface area (Å²) in [5.41, 5.74) is 5.86. The van der Waals surface area contributed by atoms with Crippen LogP contribution in [0.25, 0.3) is 0 Å². The lowest BCUT2D eigenvalue weighted by atomic mass is 10.1. The number of benzene rings is 1. The van der Waals surface area contributed by atoms with Crippen molar-refractivity contribution in [1.29, 1.82) is 0 Å². The van der Waals surface area contributed by atoms with Crippen LogP contribution < -0.4 is 10.6 Å². The van der Waals surface area contributed by atoms with E-state index in [0.29, 0.717) is 10.5 Å². The molecule has 0 spiro atoms. The minimum absolute atomic E-state index is 0.0873. The Balaban J connectivity index is 3.08. The van der Waals surface area contributed by atoms with Gasteiger partial charge in [-0.2, -0.15) is 26.3 Å². The van der Waals surface area contributed by atoms with Crippen LogP contribution in [0.1, 0.15) is 5.56 Å². The molecule has 0 radical (unpaired) electrons. The number of anilines is 1. The summed E-state index contributed by atoms with van der Waals surface area (Å²) in [6.07, 6.45) is -11.4. The highest BCUT2D eigenvalue weighted by Gasteiger charge is 2.61. The first-order valence-electron chi connectivity index (χ1n) is 5.68. The van der Waals surface area contributed by atoms with Gasteiger partial charge in [-0.05, 0) is 17.7 Å². The van der Waals surface area contributed by atoms with E-state index in [1.165, 1.54) is 24.3 Å². The van der Waals surface area contributed by atoms with Gasteiger partial charge in [0.25, 0.3) is 0 Å². The monoisotopic (exact) mass is 314 g/mol. The number of hydrogen-bond acceptors (Lipinski definition) is 2. The highest BCUT2D eigenvalue weighted by Crippen LogP contribution is 2.40. The summed E-state index contributed by atoms with van der Waals surface area (Å²) in [5.74, 6) is -6.14. The van der Waals surface area contributed by atoms with Crippen molar-refractivity contribution in [2.45, 2.75) is 18.9 Å². The number of halogens is 6. The van der Waals surface area contributed by atoms with Gasteiger partial charge in [0.2, 0.25) is 11.8 Å². The van der Waals surface area contributed by atoms with Gasteiger partial charge in [0.05, 0.1) is 0 Å². The van der Waals surface area contributed by atoms with Gasteiger partial charge in [0.1, 0.15) is 0 Å². The molecule has 0 aliphatic heterocycles. The molecule has 3 nitrogen and oxygen atoms in total. The van der Waals surface area contributed by atoms with Crippen molar-refractivity contribution < 1.29 is 31.1 Å². The average Bonchev–Trinajstić information content (AvgIpc) is 2.34. The molecule has 0 fully saturated rings. The highest BCUT2D eigenvalue weighted by molar-refractivity contribution is 5.95. The molecule has 9 heteroatoms. The van der Waals surface area contributed by atoms with Crippen LogP contribution in [0.4, 0.5) is 32.0 Å². The van der Waals surface area contributed by atoms with Crippen LogP contribution >= 0.6 is 0 Å². The van der Waals surface area contributed by atoms with Gasteiger partial charge in [0, 0.05) is 19.3 Å². The maximum Gasteiger partial charge on any atom is 0.409 e. The Bertz CT molecular complexity index is 480. The highest BCUT2D eigenvalue weighted by atomic mass is 19.4. The number of nitrogens with zero attached hydrogens (tertiary/aromatic N) is 1. The normalized spacial score (nSPS) is 12.6. The number of hydrogen-bond donors (Lipinski definition) is 1. The molecular formula is C12H12F6N2O. The summed E-state index contributed by atoms with van der Waals surface area (Å²) in [6.45, 7) is 0.158. The fraction of sp³-hybridized carbons (Fsp3) is 0.417. The van der Waals surface area contributed by atoms with Crippen molar-refractivity contribution in [3.05, 3.63) is 29.8 Å². The van der Waals surface area contributed by atoms with Crippen LogP contribution in [0.15, 0.2) is 24.3 Å². The van der Waals surface area contributed by atoms with E-state index < -0.39 is 24.2 Å². The molecule has 0 bridgehead atoms. The number of nitrogens with two attached hydrogens (primary N) is 1. The summed E-state index contributed by atoms with van der Waals surface area (Å²) in [6, 6.07) is 5.28. The van der Waals surface area contributed by atoms with E-state index in [2.05, 4.69) is 0 Å². The van der Waals surface area contributed by atoms with Crippen molar-refractivity contribution in [3.8, 4) is 0 Å². The smallest absolute Gasteiger partial charge is 0.326 e. The zero-order chi connectivity index (χ0) is 16.4. The average molecular weight is 314 g/mol. The number of carbonyl (C=O) groups is 1. The van der Waals surface area contributed by atoms with E-state index in [-0.39, 0.29) is 12.2 Å². The molecule has 0 aliphatic carbocycles. The SMILES string of the molecule is CN(C(=O)C(C(F)(F)F)C(F)(F)F)c1ccc(CN)cc1. The zero-order valence-corrected chi connectivity index (χ0v) is 10.8. The van der Waals surface area contributed by atoms with Crippen LogP contribution in [0.2, 0.25) is 0 Å². The predicted molar refractivity (Wildman–Crippen MR) is 63.3 cm³/mol. The van der Waals surface area contributed by atoms with E-state index in [1.807, 2.05) is 0 Å². The van der Waals surface area contributed by atoms with Gasteiger partial charge in [-0.25, -0.2) is 0 Å². The molecule has 0 heterocycles. The number of rotatable bonds is 3. The lowest BCUT2D eigenvalue weighted by molar-refractivity contribution is -0.273. The lowest BCUT2D eigenvalue weighted by Crippen LogP contribution is -2.48. The summed E-state index contributed by atoms with van der Waals surface area (Å²) in [5, 5.41) is 0. The van der Waals surface area contributed by atoms with Crippen molar-refractivity contribution in [1.82, 2.24) is 0 Å². The van der Waals surface area contributed by atoms with Crippen LogP contribution in [0.5, 0.6) is 0 Å². The fourth-order valence-electron chi connectivity index (χ4n) is 1.64. The number of carbonyl (C=O) groups excluding carboxylic acids is 1. The molecule has 0 aliphatic rings. The third kappa shape index (κ3) is 4.10. The first-order valence-corrected chi connectivity index (χ1v) is 5.68. The molecule has 1 aromatic carbocycles. The predicted octanol–water partition coefficient (Wildman–Crippen LogP) is 2.85. The molecule has 118 valence electrons. The van der Waals surface area contributed by atoms with Crippen LogP contribution in [-0.2, 0) is 11.3 Å². The van der Waals surface area contributed by atoms with Gasteiger partial charge in [-0.3, -0.25) is 4.79 Å². The van der Waals surface area contributed by atoms with E-state index in [9.17, 15) is 31.1 Å². The molecule has 1 rings (SSSR count). The standard InChI is InChI=1S/C12H12F6N2O/c1-20(8-4-2-7(6-19)3-5-8)10(21)9(11(13,14)15)12(16,17)18/h2-5,9H,6,19H2,1H3. The molecule has 0 aromatic heterocycles. The summed E-state index contributed by atoms with van der Waals surface area (Å²) < 4.78 is 74.9. The third-order valence-corrected chi connectivity index (χ3v) is 2.79. The van der Waals surface area contributed by atoms with E-state index in [0.717, 1.165) is 7.05 Å². The van der Waals surface area contributed by atoms with Crippen LogP contribution in [0.3, 0.4) is 0 Å². The summed E-state index contributed by atoms with van der Waals surface area (Å²) in [7, 11) is 0.851. The molecule has 0 saturated heterocycles. The van der Waals surface area contributed by atoms with Crippen molar-refractivity contribution in [2.24, 2.45) is 11.7 Å². The number of alkyl halides is 6. The van der Waals surface area contributed by atoms with Crippen LogP contribution in [-0.4, -0.2) is 25.3 Å². The fourth-order valence-corrected chi connectivity index (χ4v) is 1.64. The first-order chi connectivity index (χ1) is 9.48. The second-order valence-electron chi connectivity index (χ2n) is 4.28. The maximum absolute atomic E-state index is 12.5. The Hall–Kier alpha value is -1.77. The molecule has 0 unspecified atom stereocenters. The molecule has 0 saturated carbocycles. The van der Waals surface area contributed by atoms with Gasteiger partial charge in [-0.15, -0.1) is 0 Å². The summed E-state index contributed by atoms with van der Waals surface area (Å²) >= 11 is 0. The van der Waals surface area contributed by atoms with Crippen LogP contribution in [0, 0.1) is 5.92 Å². The van der Waals surface area contributed by atoms with Gasteiger partial charge in [0.15, 0.2) is 0 Å². The molecular weight excluding hydrogens is 302 g/mol. The molecule has 1 amide bonds. The first kappa shape index (κ1) is 17.3. The number of amides is 1. The van der Waals surface area contributed by atoms with Crippen molar-refractivity contribution in [3.63, 3.8) is 0 Å². The lowest BCUT2D eigenvalue weighted by Gasteiger charge is -2.27. The third-order valence-electron chi connectivity index (χ3n) is 2.79. The topological polar surface area (TPSA) is 46.3 Å².